The minimum atomic E-state index is 0.832. The Morgan fingerprint density at radius 2 is 0.757 bits per heavy atom. The van der Waals surface area contributed by atoms with Crippen molar-refractivity contribution >= 4 is 34.9 Å². The van der Waals surface area contributed by atoms with E-state index in [1.165, 1.54) is 0 Å². The molecule has 0 unspecified atom stereocenters. The minimum Gasteiger partial charge on any atom is -0.323 e. The Morgan fingerprint density at radius 1 is 0.459 bits per heavy atom. The van der Waals surface area contributed by atoms with Crippen LogP contribution in [-0.2, 0) is 0 Å². The van der Waals surface area contributed by atoms with E-state index in [4.69, 9.17) is 0 Å². The van der Waals surface area contributed by atoms with Crippen LogP contribution in [0.1, 0.15) is 33.4 Å². The summed E-state index contributed by atoms with van der Waals surface area (Å²) in [5, 5.41) is 20.4. The van der Waals surface area contributed by atoms with Crippen molar-refractivity contribution in [3.8, 4) is 0 Å². The molecule has 0 aliphatic heterocycles. The van der Waals surface area contributed by atoms with Crippen molar-refractivity contribution in [3.63, 3.8) is 0 Å². The molecule has 0 atom stereocenters. The molecule has 37 heavy (non-hydrogen) atoms. The number of hydrogen-bond acceptors (Lipinski definition) is 5. The molecule has 0 radical (unpaired) electrons. The van der Waals surface area contributed by atoms with Gasteiger partial charge in [0.15, 0.2) is 0 Å². The summed E-state index contributed by atoms with van der Waals surface area (Å²) in [6.45, 7) is 8.21. The number of rotatable bonds is 6. The first-order valence-electron chi connectivity index (χ1n) is 12.3. The highest BCUT2D eigenvalue weighted by Gasteiger charge is 2.01. The molecule has 0 spiro atoms. The zero-order valence-corrected chi connectivity index (χ0v) is 22.5. The van der Waals surface area contributed by atoms with Gasteiger partial charge < -0.3 is 5.32 Å². The van der Waals surface area contributed by atoms with E-state index in [0.29, 0.717) is 0 Å². The first-order valence-corrected chi connectivity index (χ1v) is 12.3. The van der Waals surface area contributed by atoms with E-state index < -0.39 is 0 Å². The molecule has 5 heteroatoms. The van der Waals surface area contributed by atoms with Crippen LogP contribution < -0.4 is 5.32 Å². The van der Waals surface area contributed by atoms with Gasteiger partial charge in [-0.15, -0.1) is 0 Å². The average Bonchev–Trinajstić information content (AvgIpc) is 2.89. The molecular formula is C32H35N5. The largest absolute Gasteiger partial charge is 0.323 e. The Hall–Kier alpha value is -4.22. The van der Waals surface area contributed by atoms with Crippen molar-refractivity contribution < 1.29 is 0 Å². The zero-order chi connectivity index (χ0) is 26.6. The molecule has 0 saturated carbocycles. The lowest BCUT2D eigenvalue weighted by Crippen LogP contribution is -1.89. The van der Waals surface area contributed by atoms with Crippen LogP contribution in [0.3, 0.4) is 0 Å². The summed E-state index contributed by atoms with van der Waals surface area (Å²) in [4.78, 5) is 0. The third kappa shape index (κ3) is 8.16. The van der Waals surface area contributed by atoms with Crippen molar-refractivity contribution in [2.24, 2.45) is 20.5 Å². The summed E-state index contributed by atoms with van der Waals surface area (Å²) in [6, 6.07) is 28.4. The van der Waals surface area contributed by atoms with Crippen molar-refractivity contribution in [2.75, 3.05) is 14.1 Å². The number of nitrogens with one attached hydrogen (secondary N) is 1. The number of azo groups is 2. The summed E-state index contributed by atoms with van der Waals surface area (Å²) in [6.07, 6.45) is 4.17. The van der Waals surface area contributed by atoms with Crippen molar-refractivity contribution in [1.82, 2.24) is 5.32 Å². The van der Waals surface area contributed by atoms with Crippen LogP contribution in [0.2, 0.25) is 0 Å². The lowest BCUT2D eigenvalue weighted by molar-refractivity contribution is 1.02. The van der Waals surface area contributed by atoms with Crippen LogP contribution >= 0.6 is 0 Å². The predicted octanol–water partition coefficient (Wildman–Crippen LogP) is 9.76. The van der Waals surface area contributed by atoms with Crippen LogP contribution in [0.15, 0.2) is 105 Å². The summed E-state index contributed by atoms with van der Waals surface area (Å²) in [5.41, 5.74) is 10.2. The van der Waals surface area contributed by atoms with E-state index in [1.807, 2.05) is 74.8 Å². The van der Waals surface area contributed by atoms with Crippen molar-refractivity contribution in [2.45, 2.75) is 27.7 Å². The molecule has 4 rings (SSSR count). The maximum absolute atomic E-state index is 4.44. The van der Waals surface area contributed by atoms with Gasteiger partial charge in [0.2, 0.25) is 0 Å². The molecule has 0 heterocycles. The normalized spacial score (nSPS) is 11.3. The van der Waals surface area contributed by atoms with Gasteiger partial charge in [0.25, 0.3) is 0 Å². The fourth-order valence-corrected chi connectivity index (χ4v) is 3.64. The SMILES string of the molecule is CNC.Cc1cccc(C)c1N=Nc1ccc(C=Cc2ccc(N=Nc3c(C)cccc3C)cc2)cc1. The Bertz CT molecular complexity index is 1230. The zero-order valence-electron chi connectivity index (χ0n) is 22.5. The first-order chi connectivity index (χ1) is 17.9. The molecule has 0 aliphatic rings. The monoisotopic (exact) mass is 489 g/mol. The van der Waals surface area contributed by atoms with Gasteiger partial charge in [-0.3, -0.25) is 0 Å². The molecule has 4 aromatic rings. The predicted molar refractivity (Wildman–Crippen MR) is 157 cm³/mol. The van der Waals surface area contributed by atoms with Gasteiger partial charge >= 0.3 is 0 Å². The van der Waals surface area contributed by atoms with E-state index in [-0.39, 0.29) is 0 Å². The van der Waals surface area contributed by atoms with E-state index in [1.54, 1.807) is 0 Å². The quantitative estimate of drug-likeness (QED) is 0.213. The van der Waals surface area contributed by atoms with Gasteiger partial charge in [-0.25, -0.2) is 0 Å². The van der Waals surface area contributed by atoms with E-state index in [0.717, 1.165) is 56.1 Å². The Kier molecular flexibility index (Phi) is 10.2. The molecule has 0 bridgehead atoms. The Balaban J connectivity index is 0.00000121. The third-order valence-corrected chi connectivity index (χ3v) is 5.66. The molecule has 5 nitrogen and oxygen atoms in total. The highest BCUT2D eigenvalue weighted by molar-refractivity contribution is 5.70. The van der Waals surface area contributed by atoms with Crippen LogP contribution in [-0.4, -0.2) is 14.1 Å². The van der Waals surface area contributed by atoms with Crippen LogP contribution in [0, 0.1) is 27.7 Å². The standard InChI is InChI=1S/C30H28N4.C2H7N/c1-21-7-5-8-22(2)29(21)33-31-27-17-13-25(14-18-27)11-12-26-15-19-28(20-16-26)32-34-30-23(3)9-6-10-24(30)4;1-3-2/h5-20H,1-4H3;3H,1-2H3. The van der Waals surface area contributed by atoms with E-state index in [2.05, 4.69) is 89.9 Å². The highest BCUT2D eigenvalue weighted by atomic mass is 15.1. The smallest absolute Gasteiger partial charge is 0.0915 e. The lowest BCUT2D eigenvalue weighted by Gasteiger charge is -2.02. The highest BCUT2D eigenvalue weighted by Crippen LogP contribution is 2.27. The van der Waals surface area contributed by atoms with Crippen molar-refractivity contribution in [1.29, 1.82) is 0 Å². The molecule has 0 fully saturated rings. The van der Waals surface area contributed by atoms with Gasteiger partial charge in [0.05, 0.1) is 22.7 Å². The second kappa shape index (κ2) is 13.8. The molecule has 0 amide bonds. The van der Waals surface area contributed by atoms with Crippen LogP contribution in [0.25, 0.3) is 12.2 Å². The first kappa shape index (κ1) is 27.4. The fourth-order valence-electron chi connectivity index (χ4n) is 3.64. The lowest BCUT2D eigenvalue weighted by atomic mass is 10.1. The van der Waals surface area contributed by atoms with Gasteiger partial charge in [0.1, 0.15) is 0 Å². The average molecular weight is 490 g/mol. The van der Waals surface area contributed by atoms with Gasteiger partial charge in [0, 0.05) is 0 Å². The maximum atomic E-state index is 4.44. The Labute approximate surface area is 220 Å². The maximum Gasteiger partial charge on any atom is 0.0915 e. The number of hydrogen-bond donors (Lipinski definition) is 1. The number of benzene rings is 4. The third-order valence-electron chi connectivity index (χ3n) is 5.66. The van der Waals surface area contributed by atoms with Gasteiger partial charge in [-0.2, -0.15) is 20.5 Å². The second-order valence-electron chi connectivity index (χ2n) is 8.90. The van der Waals surface area contributed by atoms with E-state index in [9.17, 15) is 0 Å². The number of nitrogens with zero attached hydrogens (tertiary/aromatic N) is 4. The van der Waals surface area contributed by atoms with Gasteiger partial charge in [-0.1, -0.05) is 72.8 Å². The summed E-state index contributed by atoms with van der Waals surface area (Å²) in [5.74, 6) is 0. The summed E-state index contributed by atoms with van der Waals surface area (Å²) >= 11 is 0. The number of aryl methyl sites for hydroxylation is 4. The second-order valence-corrected chi connectivity index (χ2v) is 8.90. The Morgan fingerprint density at radius 3 is 1.05 bits per heavy atom. The minimum absolute atomic E-state index is 0.832. The van der Waals surface area contributed by atoms with Crippen LogP contribution in [0.4, 0.5) is 22.7 Å². The molecule has 1 N–H and O–H groups in total. The summed E-state index contributed by atoms with van der Waals surface area (Å²) in [7, 11) is 3.75. The topological polar surface area (TPSA) is 61.5 Å². The van der Waals surface area contributed by atoms with Crippen molar-refractivity contribution in [3.05, 3.63) is 118 Å². The molecule has 188 valence electrons. The molecule has 4 aromatic carbocycles. The van der Waals surface area contributed by atoms with Crippen LogP contribution in [0.5, 0.6) is 0 Å². The molecule has 0 aliphatic carbocycles. The molecular weight excluding hydrogens is 454 g/mol. The summed E-state index contributed by atoms with van der Waals surface area (Å²) < 4.78 is 0. The van der Waals surface area contributed by atoms with Gasteiger partial charge in [-0.05, 0) is 99.4 Å². The fraction of sp³-hybridized carbons (Fsp3) is 0.188. The molecule has 0 saturated heterocycles. The molecule has 0 aromatic heterocycles. The van der Waals surface area contributed by atoms with E-state index >= 15 is 0 Å².